The predicted molar refractivity (Wildman–Crippen MR) is 189 cm³/mol. The summed E-state index contributed by atoms with van der Waals surface area (Å²) < 4.78 is 16.9. The molecule has 1 fully saturated rings. The first kappa shape index (κ1) is 38.2. The molecule has 2 aliphatic rings. The molecular formula is C40H36O14. The van der Waals surface area contributed by atoms with Crippen molar-refractivity contribution < 1.29 is 69.1 Å². The van der Waals surface area contributed by atoms with Gasteiger partial charge < -0.3 is 50.0 Å². The molecule has 1 heterocycles. The number of hydrogen-bond acceptors (Lipinski definition) is 14. The van der Waals surface area contributed by atoms with Gasteiger partial charge in [-0.25, -0.2) is 0 Å². The zero-order valence-electron chi connectivity index (χ0n) is 28.9. The van der Waals surface area contributed by atoms with Crippen molar-refractivity contribution in [3.05, 3.63) is 122 Å². The standard InChI is InChI=1S/C40H36O14/c1-19-37(48)40(50,51)38(49)39(52-19)54-30-15-27-33(34(45)26(30)13-22-9-6-10-23(16-41)28(22)18-43)36(47)31-24(17-42)14-29(53-20(2)44)25(32(31)35(27)46)12-11-21-7-4-3-5-8-21/h3-12,14-15,18-19,37-39,41-42,45,48-51H,13,16-17H2,1-2H3/b12-11+/t19-,37+,38-,39+/m0/s1. The van der Waals surface area contributed by atoms with Crippen LogP contribution in [0.5, 0.6) is 17.2 Å². The van der Waals surface area contributed by atoms with E-state index in [2.05, 4.69) is 0 Å². The molecule has 4 aromatic carbocycles. The number of aldehydes is 1. The van der Waals surface area contributed by atoms with E-state index >= 15 is 0 Å². The molecule has 0 aromatic heterocycles. The van der Waals surface area contributed by atoms with Crippen LogP contribution in [0.2, 0.25) is 0 Å². The number of ether oxygens (including phenoxy) is 3. The molecule has 0 amide bonds. The van der Waals surface area contributed by atoms with Crippen LogP contribution in [0.3, 0.4) is 0 Å². The number of carbonyl (C=O) groups excluding carboxylic acids is 4. The minimum atomic E-state index is -3.13. The molecule has 0 spiro atoms. The lowest BCUT2D eigenvalue weighted by atomic mass is 9.77. The first-order valence-electron chi connectivity index (χ1n) is 16.7. The van der Waals surface area contributed by atoms with Crippen LogP contribution in [0.15, 0.2) is 60.7 Å². The maximum Gasteiger partial charge on any atom is 0.308 e. The fraction of sp³-hybridized carbons (Fsp3) is 0.250. The van der Waals surface area contributed by atoms with Crippen molar-refractivity contribution in [1.29, 1.82) is 0 Å². The number of aromatic hydroxyl groups is 1. The topological polar surface area (TPSA) is 238 Å². The molecule has 14 nitrogen and oxygen atoms in total. The van der Waals surface area contributed by atoms with Crippen LogP contribution in [0.4, 0.5) is 0 Å². The lowest BCUT2D eigenvalue weighted by Crippen LogP contribution is -2.67. The molecule has 0 unspecified atom stereocenters. The summed E-state index contributed by atoms with van der Waals surface area (Å²) in [6.45, 7) is 1.13. The number of phenols is 1. The summed E-state index contributed by atoms with van der Waals surface area (Å²) in [6.07, 6.45) is -4.30. The first-order chi connectivity index (χ1) is 25.7. The van der Waals surface area contributed by atoms with Crippen molar-refractivity contribution in [2.75, 3.05) is 0 Å². The van der Waals surface area contributed by atoms with E-state index in [-0.39, 0.29) is 56.7 Å². The second-order valence-electron chi connectivity index (χ2n) is 12.9. The summed E-state index contributed by atoms with van der Waals surface area (Å²) in [5, 5.41) is 74.3. The molecule has 4 aromatic rings. The molecule has 1 aliphatic heterocycles. The van der Waals surface area contributed by atoms with Crippen molar-refractivity contribution in [2.45, 2.75) is 63.9 Å². The van der Waals surface area contributed by atoms with E-state index in [0.29, 0.717) is 11.8 Å². The smallest absolute Gasteiger partial charge is 0.308 e. The summed E-state index contributed by atoms with van der Waals surface area (Å²) in [5.41, 5.74) is -0.514. The number of aliphatic hydroxyl groups is 6. The van der Waals surface area contributed by atoms with E-state index in [1.54, 1.807) is 36.4 Å². The van der Waals surface area contributed by atoms with E-state index in [1.807, 2.05) is 0 Å². The zero-order valence-corrected chi connectivity index (χ0v) is 28.9. The maximum atomic E-state index is 14.7. The number of fused-ring (bicyclic) bond motifs is 2. The van der Waals surface area contributed by atoms with E-state index in [4.69, 9.17) is 14.2 Å². The molecule has 0 radical (unpaired) electrons. The molecule has 54 heavy (non-hydrogen) atoms. The van der Waals surface area contributed by atoms with Gasteiger partial charge in [-0.15, -0.1) is 0 Å². The monoisotopic (exact) mass is 740 g/mol. The molecule has 14 heteroatoms. The minimum Gasteiger partial charge on any atom is -0.507 e. The highest BCUT2D eigenvalue weighted by molar-refractivity contribution is 6.31. The van der Waals surface area contributed by atoms with Crippen molar-refractivity contribution in [1.82, 2.24) is 0 Å². The molecule has 0 bridgehead atoms. The van der Waals surface area contributed by atoms with E-state index in [1.165, 1.54) is 37.3 Å². The second kappa shape index (κ2) is 15.0. The molecule has 1 saturated heterocycles. The quantitative estimate of drug-likeness (QED) is 0.0357. The van der Waals surface area contributed by atoms with Crippen molar-refractivity contribution in [3.63, 3.8) is 0 Å². The molecule has 7 N–H and O–H groups in total. The van der Waals surface area contributed by atoms with Gasteiger partial charge in [-0.3, -0.25) is 19.2 Å². The third kappa shape index (κ3) is 6.71. The molecule has 4 atom stereocenters. The van der Waals surface area contributed by atoms with E-state index < -0.39 is 83.8 Å². The van der Waals surface area contributed by atoms with Gasteiger partial charge >= 0.3 is 5.97 Å². The van der Waals surface area contributed by atoms with Crippen LogP contribution in [0.1, 0.15) is 89.4 Å². The van der Waals surface area contributed by atoms with Crippen LogP contribution in [-0.4, -0.2) is 90.0 Å². The Morgan fingerprint density at radius 3 is 2.17 bits per heavy atom. The molecule has 1 aliphatic carbocycles. The summed E-state index contributed by atoms with van der Waals surface area (Å²) in [7, 11) is 0. The zero-order chi connectivity index (χ0) is 39.1. The van der Waals surface area contributed by atoms with Crippen LogP contribution in [-0.2, 0) is 29.2 Å². The van der Waals surface area contributed by atoms with Crippen molar-refractivity contribution in [2.24, 2.45) is 0 Å². The Morgan fingerprint density at radius 1 is 0.833 bits per heavy atom. The van der Waals surface area contributed by atoms with Crippen LogP contribution >= 0.6 is 0 Å². The fourth-order valence-corrected chi connectivity index (χ4v) is 6.72. The lowest BCUT2D eigenvalue weighted by molar-refractivity contribution is -0.371. The van der Waals surface area contributed by atoms with Crippen LogP contribution < -0.4 is 9.47 Å². The molecule has 280 valence electrons. The number of hydrogen-bond donors (Lipinski definition) is 7. The largest absolute Gasteiger partial charge is 0.507 e. The number of esters is 1. The number of benzene rings is 4. The average Bonchev–Trinajstić information content (AvgIpc) is 3.15. The van der Waals surface area contributed by atoms with E-state index in [0.717, 1.165) is 13.0 Å². The number of carbonyl (C=O) groups is 4. The Hall–Kier alpha value is -5.58. The maximum absolute atomic E-state index is 14.7. The molecular weight excluding hydrogens is 704 g/mol. The molecule has 6 rings (SSSR count). The summed E-state index contributed by atoms with van der Waals surface area (Å²) in [6, 6.07) is 15.8. The van der Waals surface area contributed by atoms with Crippen molar-refractivity contribution >= 4 is 36.0 Å². The van der Waals surface area contributed by atoms with E-state index in [9.17, 15) is 54.9 Å². The highest BCUT2D eigenvalue weighted by atomic mass is 16.7. The predicted octanol–water partition coefficient (Wildman–Crippen LogP) is 2.18. The van der Waals surface area contributed by atoms with Gasteiger partial charge in [0.15, 0.2) is 24.0 Å². The summed E-state index contributed by atoms with van der Waals surface area (Å²) in [4.78, 5) is 53.5. The Kier molecular flexibility index (Phi) is 10.6. The average molecular weight is 741 g/mol. The first-order valence-corrected chi connectivity index (χ1v) is 16.7. The lowest BCUT2D eigenvalue weighted by Gasteiger charge is -2.44. The van der Waals surface area contributed by atoms with Gasteiger partial charge in [-0.05, 0) is 47.4 Å². The van der Waals surface area contributed by atoms with Gasteiger partial charge in [0.05, 0.1) is 24.9 Å². The second-order valence-corrected chi connectivity index (χ2v) is 12.9. The third-order valence-electron chi connectivity index (χ3n) is 9.48. The highest BCUT2D eigenvalue weighted by Gasteiger charge is 2.54. The van der Waals surface area contributed by atoms with Crippen molar-refractivity contribution in [3.8, 4) is 17.2 Å². The SMILES string of the molecule is CC(=O)Oc1cc(CO)c2c(c1/C=C/c1ccccc1)C(=O)c1cc(O[C@H]3O[C@@H](C)[C@@H](O)C(O)(O)[C@H]3O)c(Cc3cccc(CO)c3C=O)c(O)c1C2=O. The highest BCUT2D eigenvalue weighted by Crippen LogP contribution is 2.45. The number of ketones is 2. The Labute approximate surface area is 307 Å². The van der Waals surface area contributed by atoms with Gasteiger partial charge in [0, 0.05) is 46.7 Å². The third-order valence-corrected chi connectivity index (χ3v) is 9.48. The normalized spacial score (nSPS) is 20.4. The number of aliphatic hydroxyl groups excluding tert-OH is 4. The Morgan fingerprint density at radius 2 is 1.52 bits per heavy atom. The van der Waals surface area contributed by atoms with Gasteiger partial charge in [0.1, 0.15) is 23.4 Å². The summed E-state index contributed by atoms with van der Waals surface area (Å²) in [5.74, 6) is -6.97. The summed E-state index contributed by atoms with van der Waals surface area (Å²) >= 11 is 0. The van der Waals surface area contributed by atoms with Crippen LogP contribution in [0, 0.1) is 0 Å². The van der Waals surface area contributed by atoms with Gasteiger partial charge in [-0.2, -0.15) is 0 Å². The van der Waals surface area contributed by atoms with Gasteiger partial charge in [0.25, 0.3) is 0 Å². The number of phenolic OH excluding ortho intramolecular Hbond substituents is 1. The number of rotatable bonds is 10. The Bertz CT molecular complexity index is 2190. The fourth-order valence-electron chi connectivity index (χ4n) is 6.72. The van der Waals surface area contributed by atoms with Gasteiger partial charge in [0.2, 0.25) is 12.1 Å². The minimum absolute atomic E-state index is 0.00641. The molecule has 0 saturated carbocycles. The van der Waals surface area contributed by atoms with Crippen LogP contribution in [0.25, 0.3) is 12.2 Å². The Balaban J connectivity index is 1.59. The van der Waals surface area contributed by atoms with Gasteiger partial charge in [-0.1, -0.05) is 54.6 Å².